The summed E-state index contributed by atoms with van der Waals surface area (Å²) in [5.41, 5.74) is 1.99. The predicted octanol–water partition coefficient (Wildman–Crippen LogP) is 3.55. The highest BCUT2D eigenvalue weighted by Crippen LogP contribution is 2.37. The van der Waals surface area contributed by atoms with Crippen molar-refractivity contribution in [1.29, 1.82) is 0 Å². The van der Waals surface area contributed by atoms with Crippen molar-refractivity contribution in [2.75, 3.05) is 37.1 Å². The molecule has 188 valence electrons. The van der Waals surface area contributed by atoms with Crippen molar-refractivity contribution < 1.29 is 27.6 Å². The molecule has 11 heteroatoms. The van der Waals surface area contributed by atoms with E-state index in [9.17, 15) is 27.6 Å². The summed E-state index contributed by atoms with van der Waals surface area (Å²) in [5.74, 6) is -0.594. The Morgan fingerprint density at radius 2 is 1.74 bits per heavy atom. The van der Waals surface area contributed by atoms with E-state index < -0.39 is 35.2 Å². The zero-order valence-corrected chi connectivity index (χ0v) is 22.0. The van der Waals surface area contributed by atoms with Gasteiger partial charge in [-0.05, 0) is 43.5 Å². The van der Waals surface area contributed by atoms with Crippen LogP contribution in [0.3, 0.4) is 0 Å². The largest absolute Gasteiger partial charge is 0.393 e. The summed E-state index contributed by atoms with van der Waals surface area (Å²) in [6.07, 6.45) is 2.30. The van der Waals surface area contributed by atoms with Gasteiger partial charge in [0, 0.05) is 30.8 Å². The van der Waals surface area contributed by atoms with Gasteiger partial charge in [0.25, 0.3) is 0 Å². The third-order valence-corrected chi connectivity index (χ3v) is 7.52. The van der Waals surface area contributed by atoms with Gasteiger partial charge in [0.1, 0.15) is 5.82 Å². The molecule has 0 bridgehead atoms. The molecule has 2 N–H and O–H groups in total. The van der Waals surface area contributed by atoms with Crippen LogP contribution in [0.1, 0.15) is 37.4 Å². The molecule has 2 aromatic rings. The summed E-state index contributed by atoms with van der Waals surface area (Å²) in [7, 11) is -4.73. The van der Waals surface area contributed by atoms with Gasteiger partial charge in [-0.2, -0.15) is 0 Å². The molecule has 0 spiro atoms. The Hall–Kier alpha value is -2.13. The number of halogens is 1. The molecule has 1 aromatic heterocycles. The van der Waals surface area contributed by atoms with Gasteiger partial charge >= 0.3 is 0 Å². The third kappa shape index (κ3) is 7.98. The van der Waals surface area contributed by atoms with Crippen LogP contribution in [0.2, 0.25) is 0 Å². The fourth-order valence-electron chi connectivity index (χ4n) is 3.34. The monoisotopic (exact) mass is 513 g/mol. The minimum Gasteiger partial charge on any atom is -0.393 e. The minimum atomic E-state index is -3.63. The second-order valence-electron chi connectivity index (χ2n) is 9.14. The van der Waals surface area contributed by atoms with Gasteiger partial charge in [0.05, 0.1) is 37.0 Å². The first-order valence-electron chi connectivity index (χ1n) is 10.8. The number of anilines is 1. The average Bonchev–Trinajstić information content (AvgIpc) is 2.69. The van der Waals surface area contributed by atoms with E-state index in [4.69, 9.17) is 0 Å². The van der Waals surface area contributed by atoms with E-state index in [1.54, 1.807) is 19.4 Å². The minimum absolute atomic E-state index is 0.000814. The number of aromatic nitrogens is 2. The fourth-order valence-corrected chi connectivity index (χ4v) is 4.88. The molecule has 0 aliphatic carbocycles. The van der Waals surface area contributed by atoms with E-state index in [2.05, 4.69) is 9.97 Å². The maximum absolute atomic E-state index is 13.6. The van der Waals surface area contributed by atoms with Gasteiger partial charge in [0.2, 0.25) is 16.0 Å². The van der Waals surface area contributed by atoms with Crippen LogP contribution < -0.4 is 4.31 Å². The first-order chi connectivity index (χ1) is 15.6. The van der Waals surface area contributed by atoms with Gasteiger partial charge in [-0.1, -0.05) is 26.0 Å². The lowest BCUT2D eigenvalue weighted by Gasteiger charge is -2.20. The van der Waals surface area contributed by atoms with Crippen LogP contribution in [-0.4, -0.2) is 73.6 Å². The van der Waals surface area contributed by atoms with Crippen molar-refractivity contribution in [3.8, 4) is 11.3 Å². The highest BCUT2D eigenvalue weighted by molar-refractivity contribution is 7.92. The van der Waals surface area contributed by atoms with Crippen LogP contribution in [0.25, 0.3) is 17.3 Å². The summed E-state index contributed by atoms with van der Waals surface area (Å²) in [4.78, 5) is 8.94. The van der Waals surface area contributed by atoms with E-state index in [-0.39, 0.29) is 24.4 Å². The maximum Gasteiger partial charge on any atom is 0.239 e. The van der Waals surface area contributed by atoms with Crippen LogP contribution in [0, 0.1) is 5.82 Å². The lowest BCUT2D eigenvalue weighted by molar-refractivity contribution is 0.118. The van der Waals surface area contributed by atoms with Crippen molar-refractivity contribution in [3.63, 3.8) is 0 Å². The molecule has 2 atom stereocenters. The molecular formula is C23H33FN3O5PS. The summed E-state index contributed by atoms with van der Waals surface area (Å²) in [5, 5.41) is 20.6. The molecule has 0 unspecified atom stereocenters. The highest BCUT2D eigenvalue weighted by atomic mass is 32.2. The zero-order valence-electron chi connectivity index (χ0n) is 20.3. The Balaban J connectivity index is 2.59. The van der Waals surface area contributed by atoms with Crippen molar-refractivity contribution in [2.45, 2.75) is 38.4 Å². The summed E-state index contributed by atoms with van der Waals surface area (Å²) in [6.45, 7) is 6.93. The number of hydrogen-bond acceptors (Lipinski definition) is 7. The Bertz CT molecular complexity index is 1180. The Kier molecular flexibility index (Phi) is 9.16. The van der Waals surface area contributed by atoms with Crippen LogP contribution in [0.5, 0.6) is 0 Å². The van der Waals surface area contributed by atoms with Gasteiger partial charge in [-0.25, -0.2) is 27.1 Å². The second kappa shape index (κ2) is 11.1. The predicted molar refractivity (Wildman–Crippen MR) is 135 cm³/mol. The van der Waals surface area contributed by atoms with Crippen molar-refractivity contribution >= 4 is 29.2 Å². The van der Waals surface area contributed by atoms with Crippen LogP contribution in [0.15, 0.2) is 30.3 Å². The van der Waals surface area contributed by atoms with Crippen molar-refractivity contribution in [3.05, 3.63) is 47.4 Å². The third-order valence-electron chi connectivity index (χ3n) is 5.06. The van der Waals surface area contributed by atoms with Gasteiger partial charge < -0.3 is 14.8 Å². The van der Waals surface area contributed by atoms with E-state index >= 15 is 0 Å². The number of sulfonamides is 1. The van der Waals surface area contributed by atoms with Crippen LogP contribution in [-0.2, 0) is 14.6 Å². The fraction of sp³-hybridized carbons (Fsp3) is 0.478. The smallest absolute Gasteiger partial charge is 0.239 e. The van der Waals surface area contributed by atoms with Crippen molar-refractivity contribution in [1.82, 2.24) is 9.97 Å². The van der Waals surface area contributed by atoms with E-state index in [1.807, 2.05) is 13.8 Å². The molecule has 0 aliphatic heterocycles. The average molecular weight is 514 g/mol. The number of rotatable bonds is 10. The molecule has 0 saturated carbocycles. The molecular weight excluding hydrogens is 480 g/mol. The zero-order chi connectivity index (χ0) is 25.8. The molecule has 2 rings (SSSR count). The molecule has 0 saturated heterocycles. The summed E-state index contributed by atoms with van der Waals surface area (Å²) in [6, 6.07) is 5.62. The van der Waals surface area contributed by atoms with Crippen LogP contribution >= 0.6 is 7.14 Å². The van der Waals surface area contributed by atoms with Gasteiger partial charge in [-0.15, -0.1) is 0 Å². The lowest BCUT2D eigenvalue weighted by atomic mass is 9.97. The first kappa shape index (κ1) is 28.1. The number of nitrogens with zero attached hydrogens (tertiary/aromatic N) is 3. The summed E-state index contributed by atoms with van der Waals surface area (Å²) < 4.78 is 50.7. The number of aliphatic hydroxyl groups excluding tert-OH is 2. The van der Waals surface area contributed by atoms with E-state index in [0.29, 0.717) is 22.5 Å². The molecule has 0 fully saturated rings. The van der Waals surface area contributed by atoms with Gasteiger partial charge in [-0.3, -0.25) is 0 Å². The van der Waals surface area contributed by atoms with E-state index in [0.717, 1.165) is 10.6 Å². The highest BCUT2D eigenvalue weighted by Gasteiger charge is 2.23. The molecule has 1 heterocycles. The number of aliphatic hydroxyl groups is 2. The number of benzene rings is 1. The Labute approximate surface area is 201 Å². The quantitative estimate of drug-likeness (QED) is 0.466. The van der Waals surface area contributed by atoms with Gasteiger partial charge in [0.15, 0.2) is 0 Å². The molecule has 34 heavy (non-hydrogen) atoms. The normalized spacial score (nSPS) is 14.5. The first-order valence-corrected chi connectivity index (χ1v) is 15.4. The van der Waals surface area contributed by atoms with Crippen molar-refractivity contribution in [2.24, 2.45) is 0 Å². The molecule has 1 aromatic carbocycles. The Morgan fingerprint density at radius 1 is 1.15 bits per heavy atom. The second-order valence-corrected chi connectivity index (χ2v) is 14.7. The molecule has 0 amide bonds. The topological polar surface area (TPSA) is 121 Å². The SMILES string of the molecule is CC(C)c1nc(N(C)S(C)(=O)=O)nc(-c2ccc(F)cc2)c1/C=C/[C@@H](O)C[C@@H](O)CP(C)(C)=O. The lowest BCUT2D eigenvalue weighted by Crippen LogP contribution is -2.27. The number of hydrogen-bond donors (Lipinski definition) is 2. The standard InChI is InChI=1S/C23H33FN3O5PS/c1-15(2)21-20(12-11-18(28)13-19(29)14-33(4,5)30)22(16-7-9-17(24)10-8-16)26-23(25-21)27(3)34(6,31)32/h7-12,15,18-19,28-29H,13-14H2,1-6H3/b12-11+/t18-,19-/m1/s1. The van der Waals surface area contributed by atoms with E-state index in [1.165, 1.54) is 37.4 Å². The molecule has 8 nitrogen and oxygen atoms in total. The molecule has 0 aliphatic rings. The Morgan fingerprint density at radius 3 is 2.24 bits per heavy atom. The molecule has 0 radical (unpaired) electrons. The summed E-state index contributed by atoms with van der Waals surface area (Å²) >= 11 is 0. The maximum atomic E-state index is 13.6. The van der Waals surface area contributed by atoms with Crippen LogP contribution in [0.4, 0.5) is 10.3 Å².